The summed E-state index contributed by atoms with van der Waals surface area (Å²) in [6.45, 7) is 0. The monoisotopic (exact) mass is 225 g/mol. The first kappa shape index (κ1) is 11.1. The zero-order chi connectivity index (χ0) is 10.2. The van der Waals surface area contributed by atoms with E-state index in [0.29, 0.717) is 10.7 Å². The van der Waals surface area contributed by atoms with E-state index in [2.05, 4.69) is 15.5 Å². The number of pyridine rings is 1. The molecule has 14 heavy (non-hydrogen) atoms. The quantitative estimate of drug-likeness (QED) is 0.484. The second kappa shape index (κ2) is 6.50. The van der Waals surface area contributed by atoms with Crippen molar-refractivity contribution in [3.63, 3.8) is 0 Å². The Bertz CT molecular complexity index is 311. The summed E-state index contributed by atoms with van der Waals surface area (Å²) in [6.07, 6.45) is 6.14. The largest absolute Gasteiger partial charge is 0.263 e. The van der Waals surface area contributed by atoms with Gasteiger partial charge in [0.15, 0.2) is 4.32 Å². The molecular weight excluding hydrogens is 214 g/mol. The zero-order valence-electron chi connectivity index (χ0n) is 7.80. The van der Waals surface area contributed by atoms with E-state index in [0.717, 1.165) is 5.69 Å². The summed E-state index contributed by atoms with van der Waals surface area (Å²) < 4.78 is 0.669. The van der Waals surface area contributed by atoms with Gasteiger partial charge in [-0.1, -0.05) is 30.0 Å². The van der Waals surface area contributed by atoms with E-state index in [1.165, 1.54) is 11.8 Å². The van der Waals surface area contributed by atoms with E-state index >= 15 is 0 Å². The smallest absolute Gasteiger partial charge is 0.153 e. The van der Waals surface area contributed by atoms with Gasteiger partial charge in [0, 0.05) is 24.5 Å². The molecule has 0 aliphatic rings. The Morgan fingerprint density at radius 3 is 3.21 bits per heavy atom. The summed E-state index contributed by atoms with van der Waals surface area (Å²) in [5.74, 6) is 0. The van der Waals surface area contributed by atoms with Crippen molar-refractivity contribution in [3.05, 3.63) is 30.1 Å². The minimum Gasteiger partial charge on any atom is -0.263 e. The molecule has 0 aliphatic carbocycles. The van der Waals surface area contributed by atoms with Crippen molar-refractivity contribution in [3.8, 4) is 0 Å². The second-order valence-corrected chi connectivity index (χ2v) is 3.92. The number of nitrogens with one attached hydrogen (secondary N) is 1. The summed E-state index contributed by atoms with van der Waals surface area (Å²) in [6, 6.07) is 5.80. The fraction of sp³-hybridized carbons (Fsp3) is 0.222. The molecule has 0 atom stereocenters. The molecule has 0 saturated heterocycles. The van der Waals surface area contributed by atoms with Gasteiger partial charge in [0.05, 0.1) is 0 Å². The van der Waals surface area contributed by atoms with Crippen LogP contribution in [-0.4, -0.2) is 21.8 Å². The first-order valence-electron chi connectivity index (χ1n) is 4.08. The van der Waals surface area contributed by atoms with Crippen molar-refractivity contribution in [2.75, 3.05) is 6.26 Å². The van der Waals surface area contributed by atoms with Crippen molar-refractivity contribution in [1.82, 2.24) is 10.4 Å². The van der Waals surface area contributed by atoms with Crippen LogP contribution in [0.15, 0.2) is 29.5 Å². The number of nitrogens with zero attached hydrogens (tertiary/aromatic N) is 2. The van der Waals surface area contributed by atoms with Crippen LogP contribution in [0.2, 0.25) is 0 Å². The van der Waals surface area contributed by atoms with Gasteiger partial charge >= 0.3 is 0 Å². The number of aromatic nitrogens is 1. The van der Waals surface area contributed by atoms with Gasteiger partial charge in [-0.05, 0) is 18.4 Å². The van der Waals surface area contributed by atoms with Crippen LogP contribution >= 0.6 is 24.0 Å². The highest BCUT2D eigenvalue weighted by atomic mass is 32.2. The first-order valence-corrected chi connectivity index (χ1v) is 5.71. The number of hydrogen-bond donors (Lipinski definition) is 1. The van der Waals surface area contributed by atoms with Gasteiger partial charge < -0.3 is 0 Å². The summed E-state index contributed by atoms with van der Waals surface area (Å²) >= 11 is 6.37. The standard InChI is InChI=1S/C9H11N3S2/c1-14-9(13)12-11-7-5-8-4-2-3-6-10-8/h2-4,6-7H,5H2,1H3,(H,12,13). The number of thioether (sulfide) groups is 1. The third kappa shape index (κ3) is 4.34. The molecule has 1 heterocycles. The lowest BCUT2D eigenvalue weighted by atomic mass is 10.3. The van der Waals surface area contributed by atoms with Gasteiger partial charge in [-0.2, -0.15) is 5.10 Å². The SMILES string of the molecule is CSC(=S)NN=CCc1ccccn1. The van der Waals surface area contributed by atoms with E-state index in [-0.39, 0.29) is 0 Å². The maximum atomic E-state index is 4.91. The molecule has 3 nitrogen and oxygen atoms in total. The average Bonchev–Trinajstić information content (AvgIpc) is 2.25. The van der Waals surface area contributed by atoms with E-state index < -0.39 is 0 Å². The summed E-state index contributed by atoms with van der Waals surface area (Å²) in [5.41, 5.74) is 3.73. The fourth-order valence-corrected chi connectivity index (χ4v) is 0.999. The maximum absolute atomic E-state index is 4.91. The van der Waals surface area contributed by atoms with Crippen LogP contribution in [-0.2, 0) is 6.42 Å². The van der Waals surface area contributed by atoms with Crippen molar-refractivity contribution in [2.45, 2.75) is 6.42 Å². The van der Waals surface area contributed by atoms with Crippen LogP contribution in [0.4, 0.5) is 0 Å². The molecule has 0 fully saturated rings. The van der Waals surface area contributed by atoms with Crippen molar-refractivity contribution in [1.29, 1.82) is 0 Å². The van der Waals surface area contributed by atoms with Gasteiger partial charge in [-0.25, -0.2) is 0 Å². The van der Waals surface area contributed by atoms with Gasteiger partial charge in [0.25, 0.3) is 0 Å². The number of hydrazone groups is 1. The Balaban J connectivity index is 2.31. The minimum atomic E-state index is 0.669. The highest BCUT2D eigenvalue weighted by Crippen LogP contribution is 1.94. The highest BCUT2D eigenvalue weighted by molar-refractivity contribution is 8.22. The molecule has 0 saturated carbocycles. The van der Waals surface area contributed by atoms with E-state index in [1.807, 2.05) is 24.5 Å². The van der Waals surface area contributed by atoms with Crippen LogP contribution in [0.1, 0.15) is 5.69 Å². The van der Waals surface area contributed by atoms with Gasteiger partial charge in [0.1, 0.15) is 0 Å². The van der Waals surface area contributed by atoms with Crippen molar-refractivity contribution in [2.24, 2.45) is 5.10 Å². The molecule has 0 spiro atoms. The molecule has 1 N–H and O–H groups in total. The Morgan fingerprint density at radius 1 is 1.71 bits per heavy atom. The maximum Gasteiger partial charge on any atom is 0.153 e. The Hall–Kier alpha value is -0.940. The Labute approximate surface area is 93.0 Å². The molecule has 5 heteroatoms. The topological polar surface area (TPSA) is 37.3 Å². The highest BCUT2D eigenvalue weighted by Gasteiger charge is 1.89. The van der Waals surface area contributed by atoms with E-state index in [9.17, 15) is 0 Å². The van der Waals surface area contributed by atoms with Crippen LogP contribution in [0.25, 0.3) is 0 Å². The third-order valence-electron chi connectivity index (χ3n) is 1.46. The Kier molecular flexibility index (Phi) is 5.17. The number of hydrogen-bond acceptors (Lipinski definition) is 4. The zero-order valence-corrected chi connectivity index (χ0v) is 9.44. The minimum absolute atomic E-state index is 0.669. The summed E-state index contributed by atoms with van der Waals surface area (Å²) in [7, 11) is 0. The lowest BCUT2D eigenvalue weighted by Gasteiger charge is -1.96. The lowest BCUT2D eigenvalue weighted by molar-refractivity contribution is 1.05. The molecule has 74 valence electrons. The van der Waals surface area contributed by atoms with Crippen molar-refractivity contribution < 1.29 is 0 Å². The number of thiocarbonyl (C=S) groups is 1. The molecule has 0 amide bonds. The molecular formula is C9H11N3S2. The fourth-order valence-electron chi connectivity index (χ4n) is 0.802. The predicted octanol–water partition coefficient (Wildman–Crippen LogP) is 1.85. The van der Waals surface area contributed by atoms with Crippen LogP contribution in [0, 0.1) is 0 Å². The second-order valence-electron chi connectivity index (χ2n) is 2.44. The van der Waals surface area contributed by atoms with Gasteiger partial charge in [0.2, 0.25) is 0 Å². The molecule has 0 aromatic carbocycles. The average molecular weight is 225 g/mol. The van der Waals surface area contributed by atoms with Gasteiger partial charge in [-0.3, -0.25) is 10.4 Å². The molecule has 1 aromatic rings. The van der Waals surface area contributed by atoms with E-state index in [4.69, 9.17) is 12.2 Å². The molecule has 0 unspecified atom stereocenters. The third-order valence-corrected chi connectivity index (χ3v) is 2.51. The molecule has 0 aliphatic heterocycles. The molecule has 1 rings (SSSR count). The Morgan fingerprint density at radius 2 is 2.57 bits per heavy atom. The molecule has 0 radical (unpaired) electrons. The normalized spacial score (nSPS) is 10.4. The van der Waals surface area contributed by atoms with Crippen LogP contribution in [0.5, 0.6) is 0 Å². The van der Waals surface area contributed by atoms with E-state index in [1.54, 1.807) is 12.4 Å². The van der Waals surface area contributed by atoms with Crippen LogP contribution in [0.3, 0.4) is 0 Å². The predicted molar refractivity (Wildman–Crippen MR) is 65.7 cm³/mol. The lowest BCUT2D eigenvalue weighted by Crippen LogP contribution is -2.10. The van der Waals surface area contributed by atoms with Crippen LogP contribution < -0.4 is 5.43 Å². The summed E-state index contributed by atoms with van der Waals surface area (Å²) in [4.78, 5) is 4.16. The first-order chi connectivity index (χ1) is 6.83. The van der Waals surface area contributed by atoms with Gasteiger partial charge in [-0.15, -0.1) is 0 Å². The summed E-state index contributed by atoms with van der Waals surface area (Å²) in [5, 5.41) is 3.96. The molecule has 0 bridgehead atoms. The van der Waals surface area contributed by atoms with Crippen molar-refractivity contribution >= 4 is 34.5 Å². The molecule has 1 aromatic heterocycles. The number of rotatable bonds is 3.